The van der Waals surface area contributed by atoms with E-state index in [0.29, 0.717) is 11.1 Å². The van der Waals surface area contributed by atoms with E-state index in [2.05, 4.69) is 5.32 Å². The van der Waals surface area contributed by atoms with E-state index in [1.807, 2.05) is 0 Å². The zero-order valence-electron chi connectivity index (χ0n) is 9.65. The van der Waals surface area contributed by atoms with Gasteiger partial charge < -0.3 is 10.4 Å². The average Bonchev–Trinajstić information content (AvgIpc) is 2.55. The minimum absolute atomic E-state index is 0.0232. The maximum Gasteiger partial charge on any atom is 0.227 e. The first-order chi connectivity index (χ1) is 8.02. The second kappa shape index (κ2) is 4.05. The quantitative estimate of drug-likeness (QED) is 0.816. The Hall–Kier alpha value is -2.10. The molecule has 0 heterocycles. The number of rotatable bonds is 2. The number of ketones is 1. The largest absolute Gasteiger partial charge is 0.505 e. The molecule has 17 heavy (non-hydrogen) atoms. The molecule has 4 nitrogen and oxygen atoms in total. The summed E-state index contributed by atoms with van der Waals surface area (Å²) in [5.74, 6) is -1.02. The van der Waals surface area contributed by atoms with Crippen LogP contribution in [0.1, 0.15) is 29.8 Å². The standard InChI is InChI=1S/C13H13NO3/c1-7(2)13(17)14-10-11(15)8-5-3-4-6-9(8)12(10)16/h3-7H,1-2H3,(H2,14,15,16,17). The first-order valence-corrected chi connectivity index (χ1v) is 5.40. The van der Waals surface area contributed by atoms with E-state index < -0.39 is 0 Å². The number of benzene rings is 1. The third-order valence-corrected chi connectivity index (χ3v) is 2.66. The third-order valence-electron chi connectivity index (χ3n) is 2.66. The molecule has 0 saturated carbocycles. The lowest BCUT2D eigenvalue weighted by molar-refractivity contribution is -0.123. The van der Waals surface area contributed by atoms with Gasteiger partial charge in [0.25, 0.3) is 0 Å². The van der Waals surface area contributed by atoms with Gasteiger partial charge >= 0.3 is 0 Å². The van der Waals surface area contributed by atoms with Crippen LogP contribution in [-0.4, -0.2) is 16.8 Å². The van der Waals surface area contributed by atoms with Crippen LogP contribution in [0.4, 0.5) is 0 Å². The number of fused-ring (bicyclic) bond motifs is 1. The highest BCUT2D eigenvalue weighted by Crippen LogP contribution is 2.29. The van der Waals surface area contributed by atoms with Crippen molar-refractivity contribution in [3.8, 4) is 0 Å². The molecule has 0 aliphatic heterocycles. The molecule has 0 saturated heterocycles. The minimum atomic E-state index is -0.341. The van der Waals surface area contributed by atoms with Gasteiger partial charge in [-0.3, -0.25) is 9.59 Å². The maximum atomic E-state index is 11.9. The predicted octanol–water partition coefficient (Wildman–Crippen LogP) is 1.88. The van der Waals surface area contributed by atoms with Crippen molar-refractivity contribution in [2.75, 3.05) is 0 Å². The molecule has 0 radical (unpaired) electrons. The highest BCUT2D eigenvalue weighted by atomic mass is 16.3. The fraction of sp³-hybridized carbons (Fsp3) is 0.231. The van der Waals surface area contributed by atoms with E-state index in [1.165, 1.54) is 0 Å². The molecule has 0 spiro atoms. The predicted molar refractivity (Wildman–Crippen MR) is 63.3 cm³/mol. The Morgan fingerprint density at radius 3 is 2.35 bits per heavy atom. The zero-order valence-corrected chi connectivity index (χ0v) is 9.65. The molecule has 1 aliphatic carbocycles. The molecule has 0 fully saturated rings. The summed E-state index contributed by atoms with van der Waals surface area (Å²) in [6.07, 6.45) is 0. The van der Waals surface area contributed by atoms with Crippen LogP contribution in [0.3, 0.4) is 0 Å². The number of carbonyl (C=O) groups is 2. The van der Waals surface area contributed by atoms with Crippen molar-refractivity contribution in [2.45, 2.75) is 13.8 Å². The number of aliphatic hydroxyl groups is 1. The van der Waals surface area contributed by atoms with Crippen molar-refractivity contribution in [1.29, 1.82) is 0 Å². The molecule has 4 heteroatoms. The van der Waals surface area contributed by atoms with E-state index in [1.54, 1.807) is 38.1 Å². The molecule has 1 aromatic carbocycles. The fourth-order valence-electron chi connectivity index (χ4n) is 1.65. The molecule has 1 aliphatic rings. The Morgan fingerprint density at radius 2 is 1.82 bits per heavy atom. The molecule has 1 amide bonds. The second-order valence-corrected chi connectivity index (χ2v) is 4.24. The van der Waals surface area contributed by atoms with Crippen LogP contribution in [0.15, 0.2) is 30.0 Å². The summed E-state index contributed by atoms with van der Waals surface area (Å²) >= 11 is 0. The number of hydrogen-bond donors (Lipinski definition) is 2. The lowest BCUT2D eigenvalue weighted by Gasteiger charge is -2.07. The first kappa shape index (κ1) is 11.4. The Morgan fingerprint density at radius 1 is 1.24 bits per heavy atom. The Bertz CT molecular complexity index is 529. The Labute approximate surface area is 99.0 Å². The lowest BCUT2D eigenvalue weighted by atomic mass is 10.1. The van der Waals surface area contributed by atoms with E-state index >= 15 is 0 Å². The molecule has 88 valence electrons. The SMILES string of the molecule is CC(C)C(=O)NC1=C(O)c2ccccc2C1=O. The van der Waals surface area contributed by atoms with Gasteiger partial charge in [0.1, 0.15) is 5.70 Å². The van der Waals surface area contributed by atoms with Crippen molar-refractivity contribution in [2.24, 2.45) is 5.92 Å². The monoisotopic (exact) mass is 231 g/mol. The van der Waals surface area contributed by atoms with E-state index in [0.717, 1.165) is 0 Å². The average molecular weight is 231 g/mol. The van der Waals surface area contributed by atoms with Gasteiger partial charge in [0, 0.05) is 17.0 Å². The van der Waals surface area contributed by atoms with E-state index in [4.69, 9.17) is 0 Å². The number of hydrogen-bond acceptors (Lipinski definition) is 3. The van der Waals surface area contributed by atoms with Gasteiger partial charge in [-0.15, -0.1) is 0 Å². The molecule has 2 N–H and O–H groups in total. The van der Waals surface area contributed by atoms with Gasteiger partial charge in [-0.05, 0) is 0 Å². The highest BCUT2D eigenvalue weighted by Gasteiger charge is 2.30. The third kappa shape index (κ3) is 1.82. The summed E-state index contributed by atoms with van der Waals surface area (Å²) in [5, 5.41) is 12.4. The summed E-state index contributed by atoms with van der Waals surface area (Å²) < 4.78 is 0. The molecular weight excluding hydrogens is 218 g/mol. The molecule has 2 rings (SSSR count). The van der Waals surface area contributed by atoms with Crippen LogP contribution in [0.2, 0.25) is 0 Å². The van der Waals surface area contributed by atoms with Crippen LogP contribution in [0.25, 0.3) is 5.76 Å². The lowest BCUT2D eigenvalue weighted by Crippen LogP contribution is -2.30. The van der Waals surface area contributed by atoms with Crippen molar-refractivity contribution in [1.82, 2.24) is 5.32 Å². The van der Waals surface area contributed by atoms with Gasteiger partial charge in [-0.2, -0.15) is 0 Å². The Kier molecular flexibility index (Phi) is 2.71. The normalized spacial score (nSPS) is 14.2. The van der Waals surface area contributed by atoms with Gasteiger partial charge in [0.15, 0.2) is 5.76 Å². The van der Waals surface area contributed by atoms with Crippen LogP contribution < -0.4 is 5.32 Å². The van der Waals surface area contributed by atoms with Crippen molar-refractivity contribution < 1.29 is 14.7 Å². The van der Waals surface area contributed by atoms with Gasteiger partial charge in [0.2, 0.25) is 11.7 Å². The number of nitrogens with one attached hydrogen (secondary N) is 1. The molecule has 0 atom stereocenters. The Balaban J connectivity index is 2.36. The summed E-state index contributed by atoms with van der Waals surface area (Å²) in [7, 11) is 0. The maximum absolute atomic E-state index is 11.9. The zero-order chi connectivity index (χ0) is 12.6. The molecular formula is C13H13NO3. The van der Waals surface area contributed by atoms with Crippen molar-refractivity contribution >= 4 is 17.4 Å². The van der Waals surface area contributed by atoms with E-state index in [-0.39, 0.29) is 29.1 Å². The van der Waals surface area contributed by atoms with Crippen LogP contribution in [-0.2, 0) is 4.79 Å². The van der Waals surface area contributed by atoms with Crippen molar-refractivity contribution in [3.63, 3.8) is 0 Å². The van der Waals surface area contributed by atoms with Gasteiger partial charge in [0.05, 0.1) is 0 Å². The topological polar surface area (TPSA) is 66.4 Å². The molecule has 1 aromatic rings. The second-order valence-electron chi connectivity index (χ2n) is 4.24. The molecule has 0 bridgehead atoms. The minimum Gasteiger partial charge on any atom is -0.505 e. The summed E-state index contributed by atoms with van der Waals surface area (Å²) in [5.41, 5.74) is 0.866. The van der Waals surface area contributed by atoms with Crippen LogP contribution >= 0.6 is 0 Å². The molecule has 0 unspecified atom stereocenters. The number of aliphatic hydroxyl groups excluding tert-OH is 1. The summed E-state index contributed by atoms with van der Waals surface area (Å²) in [6.45, 7) is 3.44. The first-order valence-electron chi connectivity index (χ1n) is 5.40. The van der Waals surface area contributed by atoms with Crippen molar-refractivity contribution in [3.05, 3.63) is 41.1 Å². The van der Waals surface area contributed by atoms with Gasteiger partial charge in [-0.25, -0.2) is 0 Å². The summed E-state index contributed by atoms with van der Waals surface area (Å²) in [4.78, 5) is 23.5. The number of allylic oxidation sites excluding steroid dienone is 1. The smallest absolute Gasteiger partial charge is 0.227 e. The van der Waals surface area contributed by atoms with E-state index in [9.17, 15) is 14.7 Å². The fourth-order valence-corrected chi connectivity index (χ4v) is 1.65. The van der Waals surface area contributed by atoms with Crippen LogP contribution in [0, 0.1) is 5.92 Å². The van der Waals surface area contributed by atoms with Crippen LogP contribution in [0.5, 0.6) is 0 Å². The number of amides is 1. The molecule has 0 aromatic heterocycles. The number of Topliss-reactive ketones (excluding diaryl/α,β-unsaturated/α-hetero) is 1. The number of carbonyl (C=O) groups excluding carboxylic acids is 2. The van der Waals surface area contributed by atoms with Gasteiger partial charge in [-0.1, -0.05) is 38.1 Å². The highest BCUT2D eigenvalue weighted by molar-refractivity contribution is 6.20. The summed E-state index contributed by atoms with van der Waals surface area (Å²) in [6, 6.07) is 6.73.